The fourth-order valence-electron chi connectivity index (χ4n) is 2.90. The number of nitrogens with one attached hydrogen (secondary N) is 2. The third-order valence-electron chi connectivity index (χ3n) is 3.93. The van der Waals surface area contributed by atoms with Gasteiger partial charge >= 0.3 is 6.03 Å². The Morgan fingerprint density at radius 2 is 2.12 bits per heavy atom. The zero-order valence-corrected chi connectivity index (χ0v) is 14.2. The van der Waals surface area contributed by atoms with Gasteiger partial charge in [0.25, 0.3) is 0 Å². The molecule has 1 aliphatic rings. The third kappa shape index (κ3) is 4.21. The van der Waals surface area contributed by atoms with Gasteiger partial charge in [-0.2, -0.15) is 0 Å². The Morgan fingerprint density at radius 3 is 2.92 bits per heavy atom. The van der Waals surface area contributed by atoms with Crippen LogP contribution in [0.1, 0.15) is 12.8 Å². The van der Waals surface area contributed by atoms with Gasteiger partial charge in [0.1, 0.15) is 0 Å². The normalized spacial score (nSPS) is 18.5. The Hall–Kier alpha value is -2.19. The van der Waals surface area contributed by atoms with Crippen molar-refractivity contribution in [2.24, 2.45) is 0 Å². The molecule has 1 aromatic heterocycles. The fraction of sp³-hybridized carbons (Fsp3) is 0.375. The van der Waals surface area contributed by atoms with Gasteiger partial charge in [0.05, 0.1) is 23.7 Å². The van der Waals surface area contributed by atoms with Crippen LogP contribution in [0.15, 0.2) is 36.5 Å². The number of para-hydroxylation sites is 1. The molecule has 1 unspecified atom stereocenters. The van der Waals surface area contributed by atoms with Gasteiger partial charge in [-0.05, 0) is 25.0 Å². The van der Waals surface area contributed by atoms with Crippen molar-refractivity contribution in [3.05, 3.63) is 36.5 Å². The number of benzene rings is 1. The number of anilines is 1. The number of hydrogen-bond donors (Lipinski definition) is 2. The molecule has 7 nitrogen and oxygen atoms in total. The Bertz CT molecular complexity index is 853. The summed E-state index contributed by atoms with van der Waals surface area (Å²) in [7, 11) is -3.27. The van der Waals surface area contributed by atoms with Gasteiger partial charge in [-0.1, -0.05) is 18.2 Å². The molecule has 3 rings (SSSR count). The van der Waals surface area contributed by atoms with Crippen LogP contribution in [-0.2, 0) is 10.0 Å². The number of carbonyl (C=O) groups excluding carboxylic acids is 1. The fourth-order valence-corrected chi connectivity index (χ4v) is 3.70. The van der Waals surface area contributed by atoms with Crippen molar-refractivity contribution >= 4 is 32.6 Å². The van der Waals surface area contributed by atoms with E-state index in [-0.39, 0.29) is 12.1 Å². The van der Waals surface area contributed by atoms with E-state index in [4.69, 9.17) is 0 Å². The van der Waals surface area contributed by atoms with E-state index in [0.29, 0.717) is 18.8 Å². The number of sulfonamides is 1. The molecule has 2 heterocycles. The molecule has 0 bridgehead atoms. The monoisotopic (exact) mass is 348 g/mol. The van der Waals surface area contributed by atoms with Crippen LogP contribution in [0.2, 0.25) is 0 Å². The van der Waals surface area contributed by atoms with E-state index in [1.165, 1.54) is 0 Å². The van der Waals surface area contributed by atoms with Crippen molar-refractivity contribution < 1.29 is 13.2 Å². The summed E-state index contributed by atoms with van der Waals surface area (Å²) in [6.45, 7) is 0.967. The molecular formula is C16H20N4O3S. The minimum atomic E-state index is -3.27. The molecule has 1 aromatic carbocycles. The van der Waals surface area contributed by atoms with Crippen LogP contribution in [0.25, 0.3) is 10.9 Å². The van der Waals surface area contributed by atoms with Gasteiger partial charge in [-0.3, -0.25) is 4.98 Å². The number of urea groups is 1. The number of carbonyl (C=O) groups is 1. The van der Waals surface area contributed by atoms with Gasteiger partial charge in [0.15, 0.2) is 0 Å². The number of amides is 2. The van der Waals surface area contributed by atoms with Crippen LogP contribution in [0.5, 0.6) is 0 Å². The molecule has 128 valence electrons. The molecule has 0 aliphatic carbocycles. The number of fused-ring (bicyclic) bond motifs is 1. The average Bonchev–Trinajstić information content (AvgIpc) is 2.53. The number of piperidine rings is 1. The maximum absolute atomic E-state index is 12.4. The molecular weight excluding hydrogens is 328 g/mol. The van der Waals surface area contributed by atoms with Crippen LogP contribution in [0.4, 0.5) is 10.5 Å². The SMILES string of the molecule is CS(=O)(=O)NC1CCCN(C(=O)Nc2cnc3ccccc3c2)C1. The van der Waals surface area contributed by atoms with Gasteiger partial charge < -0.3 is 10.2 Å². The summed E-state index contributed by atoms with van der Waals surface area (Å²) in [5.41, 5.74) is 1.49. The molecule has 2 amide bonds. The van der Waals surface area contributed by atoms with Crippen LogP contribution in [-0.4, -0.2) is 49.7 Å². The van der Waals surface area contributed by atoms with E-state index >= 15 is 0 Å². The molecule has 0 spiro atoms. The van der Waals surface area contributed by atoms with Gasteiger partial charge in [0.2, 0.25) is 10.0 Å². The number of nitrogens with zero attached hydrogens (tertiary/aromatic N) is 2. The molecule has 1 saturated heterocycles. The summed E-state index contributed by atoms with van der Waals surface area (Å²) < 4.78 is 25.3. The summed E-state index contributed by atoms with van der Waals surface area (Å²) in [6.07, 6.45) is 4.24. The minimum Gasteiger partial charge on any atom is -0.323 e. The smallest absolute Gasteiger partial charge is 0.321 e. The second-order valence-electron chi connectivity index (χ2n) is 6.02. The lowest BCUT2D eigenvalue weighted by Crippen LogP contribution is -2.50. The van der Waals surface area contributed by atoms with E-state index in [2.05, 4.69) is 15.0 Å². The topological polar surface area (TPSA) is 91.4 Å². The summed E-state index contributed by atoms with van der Waals surface area (Å²) in [6, 6.07) is 9.06. The van der Waals surface area contributed by atoms with E-state index in [1.807, 2.05) is 30.3 Å². The largest absolute Gasteiger partial charge is 0.323 e. The van der Waals surface area contributed by atoms with E-state index < -0.39 is 10.0 Å². The Morgan fingerprint density at radius 1 is 1.33 bits per heavy atom. The zero-order chi connectivity index (χ0) is 17.2. The Labute approximate surface area is 141 Å². The molecule has 0 radical (unpaired) electrons. The van der Waals surface area contributed by atoms with Crippen LogP contribution in [0.3, 0.4) is 0 Å². The maximum Gasteiger partial charge on any atom is 0.321 e. The highest BCUT2D eigenvalue weighted by atomic mass is 32.2. The second kappa shape index (κ2) is 6.74. The molecule has 1 aliphatic heterocycles. The Kier molecular flexibility index (Phi) is 4.68. The molecule has 1 atom stereocenters. The molecule has 24 heavy (non-hydrogen) atoms. The third-order valence-corrected chi connectivity index (χ3v) is 4.69. The van der Waals surface area contributed by atoms with Gasteiger partial charge in [-0.25, -0.2) is 17.9 Å². The highest BCUT2D eigenvalue weighted by Gasteiger charge is 2.25. The highest BCUT2D eigenvalue weighted by molar-refractivity contribution is 7.88. The first-order valence-corrected chi connectivity index (χ1v) is 9.68. The maximum atomic E-state index is 12.4. The number of likely N-dealkylation sites (tertiary alicyclic amines) is 1. The lowest BCUT2D eigenvalue weighted by Gasteiger charge is -2.32. The second-order valence-corrected chi connectivity index (χ2v) is 7.80. The first kappa shape index (κ1) is 16.7. The van der Waals surface area contributed by atoms with Crippen molar-refractivity contribution in [2.45, 2.75) is 18.9 Å². The molecule has 2 aromatic rings. The molecule has 8 heteroatoms. The summed E-state index contributed by atoms with van der Waals surface area (Å²) in [4.78, 5) is 18.4. The number of rotatable bonds is 3. The minimum absolute atomic E-state index is 0.241. The van der Waals surface area contributed by atoms with Crippen molar-refractivity contribution in [1.29, 1.82) is 0 Å². The molecule has 1 fully saturated rings. The van der Waals surface area contributed by atoms with Crippen LogP contribution < -0.4 is 10.0 Å². The lowest BCUT2D eigenvalue weighted by atomic mass is 10.1. The van der Waals surface area contributed by atoms with Crippen LogP contribution in [0, 0.1) is 0 Å². The predicted octanol–water partition coefficient (Wildman–Crippen LogP) is 1.78. The van der Waals surface area contributed by atoms with Crippen molar-refractivity contribution in [3.63, 3.8) is 0 Å². The van der Waals surface area contributed by atoms with Gasteiger partial charge in [0, 0.05) is 24.5 Å². The zero-order valence-electron chi connectivity index (χ0n) is 13.4. The Balaban J connectivity index is 1.67. The first-order valence-electron chi connectivity index (χ1n) is 7.79. The number of pyridine rings is 1. The average molecular weight is 348 g/mol. The van der Waals surface area contributed by atoms with E-state index in [9.17, 15) is 13.2 Å². The first-order chi connectivity index (χ1) is 11.4. The summed E-state index contributed by atoms with van der Waals surface area (Å²) >= 11 is 0. The number of aromatic nitrogens is 1. The van der Waals surface area contributed by atoms with Crippen molar-refractivity contribution in [1.82, 2.24) is 14.6 Å². The van der Waals surface area contributed by atoms with E-state index in [1.54, 1.807) is 11.1 Å². The quantitative estimate of drug-likeness (QED) is 0.884. The predicted molar refractivity (Wildman–Crippen MR) is 93.3 cm³/mol. The molecule has 0 saturated carbocycles. The van der Waals surface area contributed by atoms with Gasteiger partial charge in [-0.15, -0.1) is 0 Å². The highest BCUT2D eigenvalue weighted by Crippen LogP contribution is 2.17. The van der Waals surface area contributed by atoms with Crippen LogP contribution >= 0.6 is 0 Å². The summed E-state index contributed by atoms with van der Waals surface area (Å²) in [5.74, 6) is 0. The van der Waals surface area contributed by atoms with Crippen molar-refractivity contribution in [2.75, 3.05) is 24.7 Å². The standard InChI is InChI=1S/C16H20N4O3S/c1-24(22,23)19-13-6-4-8-20(11-13)16(21)18-14-9-12-5-2-3-7-15(12)17-10-14/h2-3,5,7,9-10,13,19H,4,6,8,11H2,1H3,(H,18,21). The van der Waals surface area contributed by atoms with E-state index in [0.717, 1.165) is 30.0 Å². The summed E-state index contributed by atoms with van der Waals surface area (Å²) in [5, 5.41) is 3.78. The lowest BCUT2D eigenvalue weighted by molar-refractivity contribution is 0.190. The van der Waals surface area contributed by atoms with Crippen molar-refractivity contribution in [3.8, 4) is 0 Å². The molecule has 2 N–H and O–H groups in total. The number of hydrogen-bond acceptors (Lipinski definition) is 4.